The first kappa shape index (κ1) is 14.8. The molecule has 6 heteroatoms. The van der Waals surface area contributed by atoms with E-state index in [9.17, 15) is 13.2 Å². The van der Waals surface area contributed by atoms with Crippen molar-refractivity contribution in [3.8, 4) is 0 Å². The second-order valence-corrected chi connectivity index (χ2v) is 8.18. The fraction of sp³-hybridized carbons (Fsp3) is 0.923. The van der Waals surface area contributed by atoms with E-state index in [0.29, 0.717) is 11.8 Å². The zero-order valence-corrected chi connectivity index (χ0v) is 12.4. The molecule has 0 radical (unpaired) electrons. The highest BCUT2D eigenvalue weighted by Crippen LogP contribution is 2.54. The van der Waals surface area contributed by atoms with E-state index >= 15 is 0 Å². The molecular formula is C13H23NO4S. The fourth-order valence-corrected chi connectivity index (χ4v) is 4.31. The highest BCUT2D eigenvalue weighted by atomic mass is 32.2. The summed E-state index contributed by atoms with van der Waals surface area (Å²) in [5.74, 6) is 1.57. The highest BCUT2D eigenvalue weighted by molar-refractivity contribution is 7.85. The van der Waals surface area contributed by atoms with Crippen LogP contribution in [0.5, 0.6) is 0 Å². The maximum absolute atomic E-state index is 12.2. The van der Waals surface area contributed by atoms with Gasteiger partial charge in [0.1, 0.15) is 0 Å². The van der Waals surface area contributed by atoms with Crippen LogP contribution in [0, 0.1) is 23.2 Å². The molecule has 0 saturated heterocycles. The Morgan fingerprint density at radius 2 is 1.84 bits per heavy atom. The second-order valence-electron chi connectivity index (χ2n) is 6.61. The van der Waals surface area contributed by atoms with Crippen LogP contribution in [0.4, 0.5) is 0 Å². The van der Waals surface area contributed by atoms with Crippen molar-refractivity contribution < 1.29 is 17.8 Å². The maximum Gasteiger partial charge on any atom is 0.266 e. The number of carbonyl (C=O) groups is 1. The molecule has 1 amide bonds. The molecule has 5 nitrogen and oxygen atoms in total. The van der Waals surface area contributed by atoms with E-state index in [1.807, 2.05) is 6.92 Å². The molecule has 0 aromatic heterocycles. The van der Waals surface area contributed by atoms with Crippen molar-refractivity contribution in [2.45, 2.75) is 39.5 Å². The van der Waals surface area contributed by atoms with Crippen LogP contribution in [0.25, 0.3) is 0 Å². The highest BCUT2D eigenvalue weighted by Gasteiger charge is 2.49. The van der Waals surface area contributed by atoms with E-state index in [4.69, 9.17) is 4.55 Å². The normalized spacial score (nSPS) is 38.2. The van der Waals surface area contributed by atoms with Crippen molar-refractivity contribution in [3.05, 3.63) is 0 Å². The van der Waals surface area contributed by atoms with Crippen molar-refractivity contribution in [1.82, 2.24) is 5.32 Å². The first-order valence-electron chi connectivity index (χ1n) is 6.93. The summed E-state index contributed by atoms with van der Waals surface area (Å²) in [5, 5.41) is 2.64. The summed E-state index contributed by atoms with van der Waals surface area (Å²) < 4.78 is 29.9. The lowest BCUT2D eigenvalue weighted by Crippen LogP contribution is -2.39. The Balaban J connectivity index is 1.86. The van der Waals surface area contributed by atoms with Crippen LogP contribution in [0.15, 0.2) is 0 Å². The van der Waals surface area contributed by atoms with Crippen LogP contribution in [-0.4, -0.2) is 31.2 Å². The van der Waals surface area contributed by atoms with E-state index in [-0.39, 0.29) is 17.9 Å². The molecule has 0 aliphatic heterocycles. The molecule has 0 spiro atoms. The molecular weight excluding hydrogens is 266 g/mol. The molecule has 2 fully saturated rings. The molecule has 2 aliphatic carbocycles. The predicted molar refractivity (Wildman–Crippen MR) is 72.1 cm³/mol. The van der Waals surface area contributed by atoms with Crippen molar-refractivity contribution in [2.24, 2.45) is 23.2 Å². The van der Waals surface area contributed by atoms with Crippen molar-refractivity contribution in [1.29, 1.82) is 0 Å². The third-order valence-corrected chi connectivity index (χ3v) is 5.42. The zero-order chi connectivity index (χ0) is 14.3. The predicted octanol–water partition coefficient (Wildman–Crippen LogP) is 1.45. The Bertz CT molecular complexity index is 445. The van der Waals surface area contributed by atoms with Gasteiger partial charge in [0.15, 0.2) is 0 Å². The number of carbonyl (C=O) groups excluding carboxylic acids is 1. The van der Waals surface area contributed by atoms with Crippen molar-refractivity contribution in [2.75, 3.05) is 12.3 Å². The molecule has 2 saturated carbocycles. The zero-order valence-electron chi connectivity index (χ0n) is 11.6. The number of rotatable bonds is 4. The van der Waals surface area contributed by atoms with Gasteiger partial charge in [-0.05, 0) is 43.4 Å². The molecule has 2 atom stereocenters. The molecule has 0 aromatic carbocycles. The topological polar surface area (TPSA) is 83.5 Å². The molecule has 110 valence electrons. The van der Waals surface area contributed by atoms with Crippen LogP contribution in [0.1, 0.15) is 39.5 Å². The van der Waals surface area contributed by atoms with Crippen LogP contribution in [0.3, 0.4) is 0 Å². The summed E-state index contributed by atoms with van der Waals surface area (Å²) in [6.07, 6.45) is 4.22. The molecule has 0 heterocycles. The average Bonchev–Trinajstić information content (AvgIpc) is 2.69. The Kier molecular flexibility index (Phi) is 3.93. The minimum Gasteiger partial charge on any atom is -0.355 e. The molecule has 19 heavy (non-hydrogen) atoms. The summed E-state index contributed by atoms with van der Waals surface area (Å²) in [4.78, 5) is 12.2. The number of hydrogen-bond acceptors (Lipinski definition) is 3. The molecule has 2 N–H and O–H groups in total. The standard InChI is InChI=1S/C13H23NO4S/c1-9-5-10-7-13(2,8-11(10)6-9)12(15)14-3-4-19(16,17)18/h9-11H,3-8H2,1-2H3,(H,14,15)(H,16,17,18). The Morgan fingerprint density at radius 1 is 1.32 bits per heavy atom. The smallest absolute Gasteiger partial charge is 0.266 e. The maximum atomic E-state index is 12.2. The van der Waals surface area contributed by atoms with Gasteiger partial charge in [-0.1, -0.05) is 13.8 Å². The summed E-state index contributed by atoms with van der Waals surface area (Å²) in [5.41, 5.74) is -0.366. The largest absolute Gasteiger partial charge is 0.355 e. The summed E-state index contributed by atoms with van der Waals surface area (Å²) in [6.45, 7) is 4.22. The lowest BCUT2D eigenvalue weighted by molar-refractivity contribution is -0.130. The number of nitrogens with one attached hydrogen (secondary N) is 1. The first-order chi connectivity index (χ1) is 8.70. The van der Waals surface area contributed by atoms with Gasteiger partial charge >= 0.3 is 0 Å². The fourth-order valence-electron chi connectivity index (χ4n) is 3.95. The third kappa shape index (κ3) is 3.48. The van der Waals surface area contributed by atoms with E-state index in [0.717, 1.165) is 18.8 Å². The Hall–Kier alpha value is -0.620. The Labute approximate surface area is 114 Å². The van der Waals surface area contributed by atoms with Gasteiger partial charge in [-0.15, -0.1) is 0 Å². The van der Waals surface area contributed by atoms with Crippen LogP contribution in [0.2, 0.25) is 0 Å². The molecule has 2 rings (SSSR count). The summed E-state index contributed by atoms with van der Waals surface area (Å²) in [6, 6.07) is 0. The molecule has 2 aliphatic rings. The third-order valence-electron chi connectivity index (χ3n) is 4.70. The molecule has 0 bridgehead atoms. The lowest BCUT2D eigenvalue weighted by atomic mass is 9.84. The van der Waals surface area contributed by atoms with Gasteiger partial charge in [-0.3, -0.25) is 9.35 Å². The Morgan fingerprint density at radius 3 is 2.32 bits per heavy atom. The van der Waals surface area contributed by atoms with Gasteiger partial charge in [-0.25, -0.2) is 0 Å². The van der Waals surface area contributed by atoms with Crippen LogP contribution < -0.4 is 5.32 Å². The minimum atomic E-state index is -4.00. The monoisotopic (exact) mass is 289 g/mol. The van der Waals surface area contributed by atoms with Gasteiger partial charge in [-0.2, -0.15) is 8.42 Å². The minimum absolute atomic E-state index is 0.0149. The number of amides is 1. The SMILES string of the molecule is CC1CC2CC(C)(C(=O)NCCS(=O)(=O)O)CC2C1. The van der Waals surface area contributed by atoms with Crippen molar-refractivity contribution >= 4 is 16.0 Å². The van der Waals surface area contributed by atoms with Gasteiger partial charge in [0.05, 0.1) is 5.75 Å². The number of fused-ring (bicyclic) bond motifs is 1. The summed E-state index contributed by atoms with van der Waals surface area (Å²) >= 11 is 0. The summed E-state index contributed by atoms with van der Waals surface area (Å²) in [7, 11) is -4.00. The number of hydrogen-bond donors (Lipinski definition) is 2. The van der Waals surface area contributed by atoms with Crippen LogP contribution >= 0.6 is 0 Å². The molecule has 0 aromatic rings. The second kappa shape index (κ2) is 5.05. The van der Waals surface area contributed by atoms with E-state index in [1.54, 1.807) is 0 Å². The van der Waals surface area contributed by atoms with Crippen molar-refractivity contribution in [3.63, 3.8) is 0 Å². The van der Waals surface area contributed by atoms with E-state index in [2.05, 4.69) is 12.2 Å². The van der Waals surface area contributed by atoms with E-state index in [1.165, 1.54) is 12.8 Å². The van der Waals surface area contributed by atoms with Gasteiger partial charge in [0.25, 0.3) is 10.1 Å². The van der Waals surface area contributed by atoms with Gasteiger partial charge < -0.3 is 5.32 Å². The first-order valence-corrected chi connectivity index (χ1v) is 8.54. The van der Waals surface area contributed by atoms with Crippen LogP contribution in [-0.2, 0) is 14.9 Å². The van der Waals surface area contributed by atoms with Gasteiger partial charge in [0, 0.05) is 12.0 Å². The lowest BCUT2D eigenvalue weighted by Gasteiger charge is -2.24. The quantitative estimate of drug-likeness (QED) is 0.767. The molecule has 2 unspecified atom stereocenters. The van der Waals surface area contributed by atoms with Gasteiger partial charge in [0.2, 0.25) is 5.91 Å². The average molecular weight is 289 g/mol. The van der Waals surface area contributed by atoms with E-state index < -0.39 is 15.9 Å².